The summed E-state index contributed by atoms with van der Waals surface area (Å²) < 4.78 is 14.8. The number of aromatic nitrogens is 2. The number of carbonyl (C=O) groups is 2. The molecule has 4 rings (SSSR count). The summed E-state index contributed by atoms with van der Waals surface area (Å²) in [5.41, 5.74) is 4.52. The zero-order chi connectivity index (χ0) is 23.2. The van der Waals surface area contributed by atoms with Crippen molar-refractivity contribution < 1.29 is 14.0 Å². The Balaban J connectivity index is 1.31. The molecule has 0 bridgehead atoms. The molecule has 0 radical (unpaired) electrons. The van der Waals surface area contributed by atoms with E-state index in [0.29, 0.717) is 30.0 Å². The molecule has 166 valence electrons. The quantitative estimate of drug-likeness (QED) is 0.441. The third kappa shape index (κ3) is 5.92. The summed E-state index contributed by atoms with van der Waals surface area (Å²) in [5.74, 6) is -0.772. The minimum absolute atomic E-state index is 0.159. The molecule has 0 aliphatic carbocycles. The molecule has 1 aromatic heterocycles. The highest BCUT2D eigenvalue weighted by Crippen LogP contribution is 2.13. The van der Waals surface area contributed by atoms with E-state index in [9.17, 15) is 14.0 Å². The average molecular weight is 442 g/mol. The van der Waals surface area contributed by atoms with Crippen LogP contribution in [0.3, 0.4) is 0 Å². The zero-order valence-corrected chi connectivity index (χ0v) is 18.1. The van der Waals surface area contributed by atoms with E-state index in [-0.39, 0.29) is 17.6 Å². The molecule has 4 aromatic rings. The van der Waals surface area contributed by atoms with Gasteiger partial charge in [0.15, 0.2) is 0 Å². The van der Waals surface area contributed by atoms with Gasteiger partial charge in [-0.25, -0.2) is 9.37 Å². The molecule has 3 aromatic carbocycles. The van der Waals surface area contributed by atoms with Crippen LogP contribution < -0.4 is 10.6 Å². The van der Waals surface area contributed by atoms with Gasteiger partial charge in [0.2, 0.25) is 0 Å². The molecule has 0 saturated carbocycles. The molecular weight excluding hydrogens is 419 g/mol. The van der Waals surface area contributed by atoms with E-state index >= 15 is 0 Å². The third-order valence-corrected chi connectivity index (χ3v) is 5.12. The molecule has 6 nitrogen and oxygen atoms in total. The van der Waals surface area contributed by atoms with E-state index in [2.05, 4.69) is 15.6 Å². The second-order valence-corrected chi connectivity index (χ2v) is 7.76. The Labute approximate surface area is 191 Å². The first kappa shape index (κ1) is 22.0. The number of rotatable bonds is 7. The lowest BCUT2D eigenvalue weighted by atomic mass is 10.1. The number of amides is 2. The Bertz CT molecular complexity index is 1250. The largest absolute Gasteiger partial charge is 0.347 e. The van der Waals surface area contributed by atoms with E-state index in [1.807, 2.05) is 47.9 Å². The number of anilines is 1. The highest BCUT2D eigenvalue weighted by atomic mass is 19.1. The first-order chi connectivity index (χ1) is 16.0. The first-order valence-corrected chi connectivity index (χ1v) is 10.5. The number of hydrogen-bond acceptors (Lipinski definition) is 3. The summed E-state index contributed by atoms with van der Waals surface area (Å²) in [7, 11) is 0. The predicted molar refractivity (Wildman–Crippen MR) is 124 cm³/mol. The van der Waals surface area contributed by atoms with Crippen LogP contribution in [0.4, 0.5) is 10.1 Å². The number of halogens is 1. The van der Waals surface area contributed by atoms with Crippen molar-refractivity contribution in [2.45, 2.75) is 20.0 Å². The number of carbonyl (C=O) groups excluding carboxylic acids is 2. The maximum absolute atomic E-state index is 13.0. The zero-order valence-electron chi connectivity index (χ0n) is 18.1. The van der Waals surface area contributed by atoms with Crippen molar-refractivity contribution in [3.05, 3.63) is 119 Å². The highest BCUT2D eigenvalue weighted by molar-refractivity contribution is 6.04. The van der Waals surface area contributed by atoms with Crippen LogP contribution >= 0.6 is 0 Å². The summed E-state index contributed by atoms with van der Waals surface area (Å²) in [5, 5.41) is 5.66. The SMILES string of the molecule is Cc1ccc(C(=O)Nc2ccc(Cn3cnc(C(=O)NCc4ccc(F)cc4)c3)cc2)cc1. The van der Waals surface area contributed by atoms with Gasteiger partial charge in [0.25, 0.3) is 11.8 Å². The second-order valence-electron chi connectivity index (χ2n) is 7.76. The lowest BCUT2D eigenvalue weighted by Gasteiger charge is -2.07. The Morgan fingerprint density at radius 2 is 1.55 bits per heavy atom. The average Bonchev–Trinajstić information content (AvgIpc) is 3.29. The minimum atomic E-state index is -0.314. The molecular formula is C26H23FN4O2. The summed E-state index contributed by atoms with van der Waals surface area (Å²) in [4.78, 5) is 28.9. The van der Waals surface area contributed by atoms with Gasteiger partial charge in [-0.2, -0.15) is 0 Å². The predicted octanol–water partition coefficient (Wildman–Crippen LogP) is 4.56. The first-order valence-electron chi connectivity index (χ1n) is 10.5. The van der Waals surface area contributed by atoms with E-state index in [1.54, 1.807) is 36.8 Å². The van der Waals surface area contributed by atoms with Crippen LogP contribution in [-0.4, -0.2) is 21.4 Å². The fraction of sp³-hybridized carbons (Fsp3) is 0.115. The van der Waals surface area contributed by atoms with E-state index in [1.165, 1.54) is 12.1 Å². The summed E-state index contributed by atoms with van der Waals surface area (Å²) >= 11 is 0. The van der Waals surface area contributed by atoms with Gasteiger partial charge >= 0.3 is 0 Å². The number of nitrogens with zero attached hydrogens (tertiary/aromatic N) is 2. The van der Waals surface area contributed by atoms with Gasteiger partial charge in [0, 0.05) is 30.5 Å². The molecule has 33 heavy (non-hydrogen) atoms. The molecule has 0 unspecified atom stereocenters. The van der Waals surface area contributed by atoms with Crippen LogP contribution in [0, 0.1) is 12.7 Å². The lowest BCUT2D eigenvalue weighted by molar-refractivity contribution is 0.0945. The van der Waals surface area contributed by atoms with Crippen molar-refractivity contribution in [1.29, 1.82) is 0 Å². The van der Waals surface area contributed by atoms with E-state index in [4.69, 9.17) is 0 Å². The van der Waals surface area contributed by atoms with Gasteiger partial charge in [0.05, 0.1) is 6.33 Å². The lowest BCUT2D eigenvalue weighted by Crippen LogP contribution is -2.23. The fourth-order valence-electron chi connectivity index (χ4n) is 3.25. The number of hydrogen-bond donors (Lipinski definition) is 2. The number of nitrogens with one attached hydrogen (secondary N) is 2. The highest BCUT2D eigenvalue weighted by Gasteiger charge is 2.10. The van der Waals surface area contributed by atoms with Crippen molar-refractivity contribution in [2.24, 2.45) is 0 Å². The molecule has 0 spiro atoms. The molecule has 0 atom stereocenters. The maximum Gasteiger partial charge on any atom is 0.271 e. The number of aryl methyl sites for hydroxylation is 1. The van der Waals surface area contributed by atoms with Crippen LogP contribution in [0.5, 0.6) is 0 Å². The summed E-state index contributed by atoms with van der Waals surface area (Å²) in [6, 6.07) is 20.9. The standard InChI is InChI=1S/C26H23FN4O2/c1-18-2-8-21(9-3-18)25(32)30-23-12-6-20(7-13-23)15-31-16-24(29-17-31)26(33)28-14-19-4-10-22(27)11-5-19/h2-13,16-17H,14-15H2,1H3,(H,28,33)(H,30,32). The van der Waals surface area contributed by atoms with Crippen LogP contribution in [0.1, 0.15) is 37.5 Å². The van der Waals surface area contributed by atoms with Gasteiger partial charge in [-0.3, -0.25) is 9.59 Å². The Morgan fingerprint density at radius 3 is 2.24 bits per heavy atom. The summed E-state index contributed by atoms with van der Waals surface area (Å²) in [6.07, 6.45) is 3.27. The van der Waals surface area contributed by atoms with Crippen molar-refractivity contribution in [1.82, 2.24) is 14.9 Å². The molecule has 2 N–H and O–H groups in total. The molecule has 1 heterocycles. The minimum Gasteiger partial charge on any atom is -0.347 e. The molecule has 2 amide bonds. The van der Waals surface area contributed by atoms with Crippen LogP contribution in [0.2, 0.25) is 0 Å². The van der Waals surface area contributed by atoms with Crippen LogP contribution in [0.25, 0.3) is 0 Å². The van der Waals surface area contributed by atoms with Crippen LogP contribution in [0.15, 0.2) is 85.3 Å². The van der Waals surface area contributed by atoms with Crippen molar-refractivity contribution >= 4 is 17.5 Å². The molecule has 0 aliphatic rings. The van der Waals surface area contributed by atoms with Gasteiger partial charge in [-0.15, -0.1) is 0 Å². The van der Waals surface area contributed by atoms with Crippen LogP contribution in [-0.2, 0) is 13.1 Å². The summed E-state index contributed by atoms with van der Waals surface area (Å²) in [6.45, 7) is 2.80. The number of benzene rings is 3. The van der Waals surface area contributed by atoms with Gasteiger partial charge < -0.3 is 15.2 Å². The van der Waals surface area contributed by atoms with E-state index < -0.39 is 0 Å². The molecule has 0 fully saturated rings. The van der Waals surface area contributed by atoms with Gasteiger partial charge in [-0.05, 0) is 54.4 Å². The van der Waals surface area contributed by atoms with Gasteiger partial charge in [-0.1, -0.05) is 42.0 Å². The maximum atomic E-state index is 13.0. The Morgan fingerprint density at radius 1 is 0.879 bits per heavy atom. The van der Waals surface area contributed by atoms with Crippen molar-refractivity contribution in [3.63, 3.8) is 0 Å². The van der Waals surface area contributed by atoms with E-state index in [0.717, 1.165) is 16.7 Å². The smallest absolute Gasteiger partial charge is 0.271 e. The Hall–Kier alpha value is -4.26. The fourth-order valence-corrected chi connectivity index (χ4v) is 3.25. The molecule has 7 heteroatoms. The normalized spacial score (nSPS) is 10.6. The number of imidazole rings is 1. The van der Waals surface area contributed by atoms with Gasteiger partial charge in [0.1, 0.15) is 11.5 Å². The topological polar surface area (TPSA) is 76.0 Å². The Kier molecular flexibility index (Phi) is 6.59. The second kappa shape index (κ2) is 9.91. The third-order valence-electron chi connectivity index (χ3n) is 5.12. The van der Waals surface area contributed by atoms with Crippen molar-refractivity contribution in [2.75, 3.05) is 5.32 Å². The van der Waals surface area contributed by atoms with Crippen molar-refractivity contribution in [3.8, 4) is 0 Å². The molecule has 0 aliphatic heterocycles. The monoisotopic (exact) mass is 442 g/mol. The molecule has 0 saturated heterocycles.